The maximum atomic E-state index is 15.0. The van der Waals surface area contributed by atoms with E-state index in [1.54, 1.807) is 13.2 Å². The Hall–Kier alpha value is -6.06. The highest BCUT2D eigenvalue weighted by molar-refractivity contribution is 6.30. The van der Waals surface area contributed by atoms with Gasteiger partial charge in [-0.2, -0.15) is 0 Å². The second-order valence-electron chi connectivity index (χ2n) is 12.7. The maximum absolute atomic E-state index is 15.0. The number of ether oxygens (including phenoxy) is 3. The van der Waals surface area contributed by atoms with E-state index in [1.165, 1.54) is 12.1 Å². The van der Waals surface area contributed by atoms with E-state index in [0.717, 1.165) is 27.6 Å². The van der Waals surface area contributed by atoms with Crippen LogP contribution in [0.15, 0.2) is 109 Å². The monoisotopic (exact) mass is 711 g/mol. The number of carbonyl (C=O) groups is 2. The van der Waals surface area contributed by atoms with E-state index in [4.69, 9.17) is 30.8 Å². The zero-order chi connectivity index (χ0) is 35.8. The Kier molecular flexibility index (Phi) is 8.86. The van der Waals surface area contributed by atoms with Crippen molar-refractivity contribution in [3.8, 4) is 40.0 Å². The number of aromatic hydroxyl groups is 1. The third kappa shape index (κ3) is 6.35. The fourth-order valence-corrected chi connectivity index (χ4v) is 7.07. The molecule has 0 radical (unpaired) electrons. The van der Waals surface area contributed by atoms with Gasteiger partial charge in [0.15, 0.2) is 11.5 Å². The lowest BCUT2D eigenvalue weighted by atomic mass is 9.86. The smallest absolute Gasteiger partial charge is 0.255 e. The minimum atomic E-state index is -0.493. The number of para-hydroxylation sites is 1. The average molecular weight is 712 g/mol. The molecule has 3 aliphatic heterocycles. The van der Waals surface area contributed by atoms with Crippen LogP contribution in [-0.2, 0) is 6.42 Å². The highest BCUT2D eigenvalue weighted by Gasteiger charge is 2.35. The molecule has 10 heteroatoms. The van der Waals surface area contributed by atoms with Crippen LogP contribution in [0.1, 0.15) is 49.9 Å². The first-order valence-corrected chi connectivity index (χ1v) is 17.4. The fourth-order valence-electron chi connectivity index (χ4n) is 6.94. The predicted molar refractivity (Wildman–Crippen MR) is 199 cm³/mol. The van der Waals surface area contributed by atoms with Crippen molar-refractivity contribution in [2.45, 2.75) is 18.9 Å². The molecule has 8 bridgehead atoms. The molecule has 9 rings (SSSR count). The van der Waals surface area contributed by atoms with Crippen LogP contribution >= 0.6 is 11.6 Å². The van der Waals surface area contributed by atoms with Gasteiger partial charge in [0.25, 0.3) is 11.8 Å². The van der Waals surface area contributed by atoms with Crippen LogP contribution < -0.4 is 19.5 Å². The molecular formula is C42H34ClN3O6. The SMILES string of the molecule is COc1cc2c3cc1Oc1ccc(O)c(c1)C(=O)NCCCOc1cccc(c1)C2N(C(=O)c1cc(-c2ccc(Cl)cc2)nc2ccccc12)CC3. The molecule has 3 aliphatic rings. The van der Waals surface area contributed by atoms with Crippen molar-refractivity contribution < 1.29 is 28.9 Å². The van der Waals surface area contributed by atoms with Crippen LogP contribution in [0, 0.1) is 0 Å². The summed E-state index contributed by atoms with van der Waals surface area (Å²) < 4.78 is 18.3. The lowest BCUT2D eigenvalue weighted by Crippen LogP contribution is -2.40. The number of nitrogens with one attached hydrogen (secondary N) is 1. The Labute approximate surface area is 305 Å². The number of hydrogen-bond acceptors (Lipinski definition) is 7. The summed E-state index contributed by atoms with van der Waals surface area (Å²) >= 11 is 6.20. The van der Waals surface area contributed by atoms with Crippen molar-refractivity contribution in [3.63, 3.8) is 0 Å². The number of aromatic nitrogens is 1. The van der Waals surface area contributed by atoms with E-state index in [0.29, 0.717) is 77.3 Å². The van der Waals surface area contributed by atoms with Gasteiger partial charge < -0.3 is 29.5 Å². The number of rotatable bonds is 3. The molecule has 1 aromatic heterocycles. The van der Waals surface area contributed by atoms with Gasteiger partial charge in [-0.15, -0.1) is 0 Å². The Morgan fingerprint density at radius 2 is 1.81 bits per heavy atom. The van der Waals surface area contributed by atoms with E-state index in [9.17, 15) is 9.90 Å². The zero-order valence-corrected chi connectivity index (χ0v) is 29.0. The van der Waals surface area contributed by atoms with Gasteiger partial charge in [0.2, 0.25) is 0 Å². The van der Waals surface area contributed by atoms with Crippen LogP contribution in [-0.4, -0.2) is 53.6 Å². The van der Waals surface area contributed by atoms with Crippen LogP contribution in [0.4, 0.5) is 0 Å². The number of nitrogens with zero attached hydrogens (tertiary/aromatic N) is 2. The van der Waals surface area contributed by atoms with Gasteiger partial charge in [-0.1, -0.05) is 54.1 Å². The second kappa shape index (κ2) is 13.9. The van der Waals surface area contributed by atoms with E-state index in [-0.39, 0.29) is 17.2 Å². The topological polar surface area (TPSA) is 110 Å². The normalized spacial score (nSPS) is 15.5. The zero-order valence-electron chi connectivity index (χ0n) is 28.3. The molecule has 0 saturated carbocycles. The number of amides is 2. The number of fused-ring (bicyclic) bond motifs is 7. The summed E-state index contributed by atoms with van der Waals surface area (Å²) in [6, 6.07) is 32.7. The molecule has 52 heavy (non-hydrogen) atoms. The largest absolute Gasteiger partial charge is 0.507 e. The summed E-state index contributed by atoms with van der Waals surface area (Å²) in [4.78, 5) is 34.8. The van der Waals surface area contributed by atoms with Crippen molar-refractivity contribution in [3.05, 3.63) is 142 Å². The number of pyridine rings is 1. The molecule has 0 aliphatic carbocycles. The first kappa shape index (κ1) is 33.1. The summed E-state index contributed by atoms with van der Waals surface area (Å²) in [7, 11) is 1.56. The second-order valence-corrected chi connectivity index (χ2v) is 13.2. The molecule has 6 aromatic rings. The summed E-state index contributed by atoms with van der Waals surface area (Å²) in [6.07, 6.45) is 1.08. The third-order valence-corrected chi connectivity index (χ3v) is 9.74. The van der Waals surface area contributed by atoms with Crippen LogP contribution in [0.3, 0.4) is 0 Å². The van der Waals surface area contributed by atoms with Gasteiger partial charge in [0.1, 0.15) is 17.2 Å². The Bertz CT molecular complexity index is 2340. The molecule has 260 valence electrons. The van der Waals surface area contributed by atoms with Crippen molar-refractivity contribution in [2.75, 3.05) is 26.8 Å². The molecule has 4 heterocycles. The standard InChI is InChI=1S/C42H34ClN3O6/c1-50-38-24-32-26-16-18-46(42(49)33-23-36(25-10-12-28(43)13-11-25)45-35-9-3-2-8-31(33)35)40(32)27-6-4-7-29(20-27)51-19-5-17-44-41(48)34-22-30(14-15-37(34)47)52-39(38)21-26/h2-4,6-15,20-24,40,47H,5,16-19H2,1H3,(H,44,48). The first-order chi connectivity index (χ1) is 25.4. The van der Waals surface area contributed by atoms with Gasteiger partial charge in [0.05, 0.1) is 42.1 Å². The molecule has 2 amide bonds. The van der Waals surface area contributed by atoms with E-state index >= 15 is 4.79 Å². The summed E-state index contributed by atoms with van der Waals surface area (Å²) in [5.74, 6) is 1.19. The molecule has 0 saturated heterocycles. The van der Waals surface area contributed by atoms with Crippen molar-refractivity contribution in [1.82, 2.24) is 15.2 Å². The number of halogens is 1. The number of benzene rings is 5. The first-order valence-electron chi connectivity index (χ1n) is 17.1. The molecule has 0 fully saturated rings. The molecular weight excluding hydrogens is 678 g/mol. The molecule has 1 atom stereocenters. The lowest BCUT2D eigenvalue weighted by molar-refractivity contribution is 0.0695. The molecule has 2 N–H and O–H groups in total. The Morgan fingerprint density at radius 1 is 0.962 bits per heavy atom. The van der Waals surface area contributed by atoms with Crippen LogP contribution in [0.2, 0.25) is 5.02 Å². The summed E-state index contributed by atoms with van der Waals surface area (Å²) in [6.45, 7) is 1.10. The summed E-state index contributed by atoms with van der Waals surface area (Å²) in [5, 5.41) is 14.7. The Balaban J connectivity index is 1.27. The maximum Gasteiger partial charge on any atom is 0.255 e. The average Bonchev–Trinajstić information content (AvgIpc) is 3.17. The number of hydrogen-bond donors (Lipinski definition) is 2. The van der Waals surface area contributed by atoms with Crippen molar-refractivity contribution in [2.24, 2.45) is 0 Å². The minimum absolute atomic E-state index is 0.0984. The lowest BCUT2D eigenvalue weighted by Gasteiger charge is -2.38. The quantitative estimate of drug-likeness (QED) is 0.190. The Morgan fingerprint density at radius 3 is 2.65 bits per heavy atom. The van der Waals surface area contributed by atoms with Gasteiger partial charge >= 0.3 is 0 Å². The minimum Gasteiger partial charge on any atom is -0.507 e. The van der Waals surface area contributed by atoms with Crippen molar-refractivity contribution in [1.29, 1.82) is 0 Å². The predicted octanol–water partition coefficient (Wildman–Crippen LogP) is 8.36. The number of phenols is 1. The van der Waals surface area contributed by atoms with Gasteiger partial charge in [-0.05, 0) is 96.3 Å². The van der Waals surface area contributed by atoms with Crippen LogP contribution in [0.5, 0.6) is 28.7 Å². The number of methoxy groups -OCH3 is 1. The van der Waals surface area contributed by atoms with Gasteiger partial charge in [-0.25, -0.2) is 4.98 Å². The fraction of sp³-hybridized carbons (Fsp3) is 0.167. The molecule has 9 nitrogen and oxygen atoms in total. The summed E-state index contributed by atoms with van der Waals surface area (Å²) in [5.41, 5.74) is 5.63. The van der Waals surface area contributed by atoms with Crippen LogP contribution in [0.25, 0.3) is 22.2 Å². The van der Waals surface area contributed by atoms with Gasteiger partial charge in [-0.3, -0.25) is 9.59 Å². The number of carbonyl (C=O) groups excluding carboxylic acids is 2. The molecule has 1 unspecified atom stereocenters. The highest BCUT2D eigenvalue weighted by Crippen LogP contribution is 2.44. The third-order valence-electron chi connectivity index (χ3n) is 9.49. The number of phenolic OH excluding ortho intramolecular Hbond substituents is 1. The van der Waals surface area contributed by atoms with E-state index in [2.05, 4.69) is 5.32 Å². The molecule has 5 aromatic carbocycles. The van der Waals surface area contributed by atoms with E-state index < -0.39 is 11.9 Å². The van der Waals surface area contributed by atoms with Crippen molar-refractivity contribution >= 4 is 34.3 Å². The van der Waals surface area contributed by atoms with Gasteiger partial charge in [0, 0.05) is 29.1 Å². The highest BCUT2D eigenvalue weighted by atomic mass is 35.5. The molecule has 0 spiro atoms. The van der Waals surface area contributed by atoms with E-state index in [1.807, 2.05) is 95.9 Å².